The molecule has 0 spiro atoms. The average Bonchev–Trinajstić information content (AvgIpc) is 3.49. The van der Waals surface area contributed by atoms with Crippen LogP contribution >= 0.6 is 11.3 Å². The molecule has 168 valence electrons. The number of nitrogens with zero attached hydrogens (tertiary/aromatic N) is 3. The van der Waals surface area contributed by atoms with E-state index in [9.17, 15) is 13.2 Å². The van der Waals surface area contributed by atoms with Gasteiger partial charge in [-0.25, -0.2) is 8.42 Å². The van der Waals surface area contributed by atoms with Gasteiger partial charge in [0.15, 0.2) is 0 Å². The van der Waals surface area contributed by atoms with Crippen molar-refractivity contribution in [3.05, 3.63) is 46.7 Å². The minimum absolute atomic E-state index is 0.0681. The van der Waals surface area contributed by atoms with Crippen molar-refractivity contribution >= 4 is 33.0 Å². The van der Waals surface area contributed by atoms with Crippen molar-refractivity contribution in [2.24, 2.45) is 0 Å². The minimum atomic E-state index is -3.43. The van der Waals surface area contributed by atoms with E-state index in [1.807, 2.05) is 6.92 Å². The van der Waals surface area contributed by atoms with E-state index in [4.69, 9.17) is 0 Å². The van der Waals surface area contributed by atoms with Crippen LogP contribution in [0, 0.1) is 0 Å². The van der Waals surface area contributed by atoms with Gasteiger partial charge >= 0.3 is 0 Å². The molecule has 31 heavy (non-hydrogen) atoms. The first-order chi connectivity index (χ1) is 14.9. The Balaban J connectivity index is 1.29. The Hall–Kier alpha value is -1.78. The molecule has 1 unspecified atom stereocenters. The van der Waals surface area contributed by atoms with Gasteiger partial charge in [-0.3, -0.25) is 14.6 Å². The predicted molar refractivity (Wildman–Crippen MR) is 124 cm³/mol. The number of amides is 1. The van der Waals surface area contributed by atoms with Crippen molar-refractivity contribution in [2.45, 2.75) is 37.2 Å². The van der Waals surface area contributed by atoms with E-state index in [0.29, 0.717) is 18.8 Å². The Morgan fingerprint density at radius 1 is 1.03 bits per heavy atom. The molecule has 2 aliphatic rings. The fourth-order valence-electron chi connectivity index (χ4n) is 4.15. The summed E-state index contributed by atoms with van der Waals surface area (Å²) < 4.78 is 26.8. The van der Waals surface area contributed by atoms with Gasteiger partial charge in [-0.1, -0.05) is 0 Å². The normalized spacial score (nSPS) is 20.0. The molecule has 2 aliphatic heterocycles. The number of sulfonamides is 1. The second kappa shape index (κ2) is 9.79. The van der Waals surface area contributed by atoms with E-state index in [0.717, 1.165) is 45.6 Å². The van der Waals surface area contributed by atoms with Crippen LogP contribution in [0.25, 0.3) is 0 Å². The number of benzene rings is 1. The van der Waals surface area contributed by atoms with E-state index in [2.05, 4.69) is 31.9 Å². The third kappa shape index (κ3) is 5.35. The molecule has 2 fully saturated rings. The highest BCUT2D eigenvalue weighted by atomic mass is 32.2. The smallest absolute Gasteiger partial charge is 0.243 e. The van der Waals surface area contributed by atoms with Gasteiger partial charge in [0.25, 0.3) is 0 Å². The number of carbonyl (C=O) groups is 1. The standard InChI is InChI=1S/C22H30N4O3S2/c1-18(25-13-11-24(12-14-25)16-19-8-15-30-17-19)22(27)23-20-4-6-21(7-5-20)31(28,29)26-9-2-3-10-26/h4-8,15,17-18H,2-3,9-14,16H2,1H3,(H,23,27). The summed E-state index contributed by atoms with van der Waals surface area (Å²) >= 11 is 1.72. The fourth-order valence-corrected chi connectivity index (χ4v) is 6.33. The monoisotopic (exact) mass is 462 g/mol. The van der Waals surface area contributed by atoms with Crippen LogP contribution in [0.3, 0.4) is 0 Å². The summed E-state index contributed by atoms with van der Waals surface area (Å²) in [6.45, 7) is 7.64. The second-order valence-corrected chi connectivity index (χ2v) is 11.0. The van der Waals surface area contributed by atoms with Crippen LogP contribution in [0.5, 0.6) is 0 Å². The lowest BCUT2D eigenvalue weighted by molar-refractivity contribution is -0.121. The van der Waals surface area contributed by atoms with Crippen LogP contribution in [-0.2, 0) is 21.4 Å². The number of nitrogens with one attached hydrogen (secondary N) is 1. The summed E-state index contributed by atoms with van der Waals surface area (Å²) in [7, 11) is -3.43. The molecule has 2 saturated heterocycles. The maximum atomic E-state index is 12.7. The van der Waals surface area contributed by atoms with Crippen LogP contribution in [0.15, 0.2) is 46.0 Å². The largest absolute Gasteiger partial charge is 0.325 e. The molecule has 0 radical (unpaired) electrons. The van der Waals surface area contributed by atoms with Crippen molar-refractivity contribution in [2.75, 3.05) is 44.6 Å². The molecule has 4 rings (SSSR count). The molecule has 1 amide bonds. The zero-order valence-electron chi connectivity index (χ0n) is 17.9. The topological polar surface area (TPSA) is 73.0 Å². The molecule has 1 aromatic heterocycles. The summed E-state index contributed by atoms with van der Waals surface area (Å²) in [5, 5.41) is 7.22. The minimum Gasteiger partial charge on any atom is -0.325 e. The van der Waals surface area contributed by atoms with Gasteiger partial charge in [0.05, 0.1) is 10.9 Å². The van der Waals surface area contributed by atoms with Crippen molar-refractivity contribution < 1.29 is 13.2 Å². The predicted octanol–water partition coefficient (Wildman–Crippen LogP) is 2.68. The molecule has 1 atom stereocenters. The zero-order valence-corrected chi connectivity index (χ0v) is 19.5. The highest BCUT2D eigenvalue weighted by Crippen LogP contribution is 2.22. The maximum Gasteiger partial charge on any atom is 0.243 e. The quantitative estimate of drug-likeness (QED) is 0.685. The summed E-state index contributed by atoms with van der Waals surface area (Å²) in [5.74, 6) is -0.0681. The number of hydrogen-bond acceptors (Lipinski definition) is 6. The highest BCUT2D eigenvalue weighted by Gasteiger charge is 2.28. The van der Waals surface area contributed by atoms with Gasteiger partial charge < -0.3 is 5.32 Å². The van der Waals surface area contributed by atoms with Gasteiger partial charge in [0.2, 0.25) is 15.9 Å². The van der Waals surface area contributed by atoms with Gasteiger partial charge in [0, 0.05) is 51.5 Å². The fraction of sp³-hybridized carbons (Fsp3) is 0.500. The molecule has 1 N–H and O–H groups in total. The first-order valence-corrected chi connectivity index (χ1v) is 13.2. The third-order valence-electron chi connectivity index (χ3n) is 6.14. The first-order valence-electron chi connectivity index (χ1n) is 10.8. The molecule has 1 aromatic carbocycles. The molecule has 0 saturated carbocycles. The van der Waals surface area contributed by atoms with E-state index >= 15 is 0 Å². The van der Waals surface area contributed by atoms with Crippen molar-refractivity contribution in [1.82, 2.24) is 14.1 Å². The van der Waals surface area contributed by atoms with E-state index in [1.165, 1.54) is 9.87 Å². The molecule has 0 aliphatic carbocycles. The number of piperazine rings is 1. The Labute approximate surface area is 188 Å². The first kappa shape index (κ1) is 22.4. The number of rotatable bonds is 7. The molecule has 9 heteroatoms. The third-order valence-corrected chi connectivity index (χ3v) is 8.79. The van der Waals surface area contributed by atoms with Crippen LogP contribution in [0.1, 0.15) is 25.3 Å². The number of thiophene rings is 1. The SMILES string of the molecule is CC(C(=O)Nc1ccc(S(=O)(=O)N2CCCC2)cc1)N1CCN(Cc2ccsc2)CC1. The van der Waals surface area contributed by atoms with Gasteiger partial charge in [-0.15, -0.1) is 0 Å². The second-order valence-electron chi connectivity index (χ2n) is 8.24. The van der Waals surface area contributed by atoms with E-state index in [1.54, 1.807) is 35.6 Å². The van der Waals surface area contributed by atoms with E-state index in [-0.39, 0.29) is 16.8 Å². The summed E-state index contributed by atoms with van der Waals surface area (Å²) in [5.41, 5.74) is 1.97. The lowest BCUT2D eigenvalue weighted by Gasteiger charge is -2.37. The molecular weight excluding hydrogens is 432 g/mol. The Bertz CT molecular complexity index is 963. The maximum absolute atomic E-state index is 12.7. The number of carbonyl (C=O) groups excluding carboxylic acids is 1. The Kier molecular flexibility index (Phi) is 7.08. The van der Waals surface area contributed by atoms with Gasteiger partial charge in [-0.2, -0.15) is 15.6 Å². The van der Waals surface area contributed by atoms with E-state index < -0.39 is 10.0 Å². The summed E-state index contributed by atoms with van der Waals surface area (Å²) in [6, 6.07) is 8.43. The van der Waals surface area contributed by atoms with Crippen LogP contribution in [-0.4, -0.2) is 73.7 Å². The molecular formula is C22H30N4O3S2. The average molecular weight is 463 g/mol. The van der Waals surface area contributed by atoms with Crippen molar-refractivity contribution in [1.29, 1.82) is 0 Å². The number of anilines is 1. The van der Waals surface area contributed by atoms with Gasteiger partial charge in [0.1, 0.15) is 0 Å². The lowest BCUT2D eigenvalue weighted by atomic mass is 10.2. The summed E-state index contributed by atoms with van der Waals surface area (Å²) in [4.78, 5) is 17.6. The van der Waals surface area contributed by atoms with Crippen molar-refractivity contribution in [3.63, 3.8) is 0 Å². The molecule has 2 aromatic rings. The Morgan fingerprint density at radius 3 is 2.32 bits per heavy atom. The van der Waals surface area contributed by atoms with Crippen molar-refractivity contribution in [3.8, 4) is 0 Å². The van der Waals surface area contributed by atoms with Crippen LogP contribution in [0.2, 0.25) is 0 Å². The molecule has 0 bridgehead atoms. The summed E-state index contributed by atoms with van der Waals surface area (Å²) in [6.07, 6.45) is 1.82. The van der Waals surface area contributed by atoms with Gasteiger partial charge in [-0.05, 0) is 66.4 Å². The number of hydrogen-bond donors (Lipinski definition) is 1. The van der Waals surface area contributed by atoms with Crippen LogP contribution < -0.4 is 5.32 Å². The van der Waals surface area contributed by atoms with Crippen LogP contribution in [0.4, 0.5) is 5.69 Å². The molecule has 7 nitrogen and oxygen atoms in total. The zero-order chi connectivity index (χ0) is 21.8. The molecule has 3 heterocycles. The highest BCUT2D eigenvalue weighted by molar-refractivity contribution is 7.89. The lowest BCUT2D eigenvalue weighted by Crippen LogP contribution is -2.52. The Morgan fingerprint density at radius 2 is 1.71 bits per heavy atom.